The summed E-state index contributed by atoms with van der Waals surface area (Å²) in [5.74, 6) is -0.128. The highest BCUT2D eigenvalue weighted by atomic mass is 16.2. The highest BCUT2D eigenvalue weighted by Crippen LogP contribution is 2.52. The van der Waals surface area contributed by atoms with E-state index >= 15 is 0 Å². The smallest absolute Gasteiger partial charge is 0.252 e. The maximum Gasteiger partial charge on any atom is 0.252 e. The van der Waals surface area contributed by atoms with Gasteiger partial charge in [0.1, 0.15) is 0 Å². The van der Waals surface area contributed by atoms with Gasteiger partial charge in [-0.05, 0) is 36.6 Å². The summed E-state index contributed by atoms with van der Waals surface area (Å²) in [6, 6.07) is 9.98. The van der Waals surface area contributed by atoms with Crippen molar-refractivity contribution in [3.05, 3.63) is 47.0 Å². The Kier molecular flexibility index (Phi) is 1.85. The molecule has 0 fully saturated rings. The molecule has 3 aliphatic rings. The third kappa shape index (κ3) is 0.896. The zero-order valence-corrected chi connectivity index (χ0v) is 10.7. The molecular formula is C15H14N2O. The van der Waals surface area contributed by atoms with E-state index in [1.807, 2.05) is 44.2 Å². The van der Waals surface area contributed by atoms with Crippen molar-refractivity contribution in [3.63, 3.8) is 0 Å². The molecule has 0 spiro atoms. The predicted octanol–water partition coefficient (Wildman–Crippen LogP) is 2.10. The van der Waals surface area contributed by atoms with E-state index in [1.165, 1.54) is 0 Å². The Morgan fingerprint density at radius 1 is 1.28 bits per heavy atom. The number of likely N-dealkylation sites (N-methyl/N-ethyl adjacent to an activating group) is 1. The summed E-state index contributed by atoms with van der Waals surface area (Å²) in [7, 11) is 1.78. The Hall–Kier alpha value is -2.08. The molecule has 1 aromatic rings. The van der Waals surface area contributed by atoms with Gasteiger partial charge in [-0.1, -0.05) is 24.3 Å². The molecule has 0 radical (unpaired) electrons. The molecule has 18 heavy (non-hydrogen) atoms. The molecule has 0 saturated heterocycles. The number of rotatable bonds is 0. The Morgan fingerprint density at radius 3 is 2.50 bits per heavy atom. The first-order valence-electron chi connectivity index (χ1n) is 5.98. The SMILES string of the molecule is CC1=CC2(C#N)C(=O)N(C)C1(C)c1ccccc12. The van der Waals surface area contributed by atoms with Gasteiger partial charge in [-0.25, -0.2) is 0 Å². The molecule has 4 rings (SSSR count). The second-order valence-corrected chi connectivity index (χ2v) is 5.23. The van der Waals surface area contributed by atoms with E-state index in [4.69, 9.17) is 0 Å². The summed E-state index contributed by atoms with van der Waals surface area (Å²) in [6.07, 6.45) is 1.83. The van der Waals surface area contributed by atoms with Gasteiger partial charge < -0.3 is 4.90 Å². The second-order valence-electron chi connectivity index (χ2n) is 5.23. The van der Waals surface area contributed by atoms with Gasteiger partial charge in [0.05, 0.1) is 11.6 Å². The molecule has 3 nitrogen and oxygen atoms in total. The maximum atomic E-state index is 12.5. The van der Waals surface area contributed by atoms with E-state index in [9.17, 15) is 10.1 Å². The monoisotopic (exact) mass is 238 g/mol. The number of carbonyl (C=O) groups excluding carboxylic acids is 1. The van der Waals surface area contributed by atoms with Crippen LogP contribution in [0.2, 0.25) is 0 Å². The minimum atomic E-state index is -1.13. The van der Waals surface area contributed by atoms with Crippen LogP contribution in [0, 0.1) is 11.3 Å². The van der Waals surface area contributed by atoms with E-state index in [1.54, 1.807) is 11.9 Å². The maximum absolute atomic E-state index is 12.5. The number of nitrogens with zero attached hydrogens (tertiary/aromatic N) is 2. The minimum Gasteiger partial charge on any atom is -0.331 e. The van der Waals surface area contributed by atoms with Gasteiger partial charge in [0.2, 0.25) is 0 Å². The fourth-order valence-corrected chi connectivity index (χ4v) is 3.24. The molecule has 2 aliphatic heterocycles. The lowest BCUT2D eigenvalue weighted by Crippen LogP contribution is -2.61. The number of fused-ring (bicyclic) bond motifs is 1. The highest BCUT2D eigenvalue weighted by Gasteiger charge is 2.58. The Balaban J connectivity index is 2.48. The van der Waals surface area contributed by atoms with Crippen molar-refractivity contribution in [1.82, 2.24) is 4.90 Å². The van der Waals surface area contributed by atoms with E-state index in [-0.39, 0.29) is 5.91 Å². The quantitative estimate of drug-likeness (QED) is 0.650. The van der Waals surface area contributed by atoms with Gasteiger partial charge in [-0.15, -0.1) is 0 Å². The molecule has 2 bridgehead atoms. The van der Waals surface area contributed by atoms with Crippen LogP contribution in [0.1, 0.15) is 25.0 Å². The van der Waals surface area contributed by atoms with E-state index < -0.39 is 11.0 Å². The van der Waals surface area contributed by atoms with E-state index in [0.29, 0.717) is 0 Å². The summed E-state index contributed by atoms with van der Waals surface area (Å²) in [6.45, 7) is 4.03. The van der Waals surface area contributed by atoms with Gasteiger partial charge in [0, 0.05) is 7.05 Å². The predicted molar refractivity (Wildman–Crippen MR) is 67.6 cm³/mol. The molecule has 2 unspecified atom stereocenters. The molecule has 1 aliphatic carbocycles. The Morgan fingerprint density at radius 2 is 1.89 bits per heavy atom. The first kappa shape index (κ1) is 11.0. The van der Waals surface area contributed by atoms with Crippen LogP contribution in [0.4, 0.5) is 0 Å². The number of hydrogen-bond acceptors (Lipinski definition) is 2. The molecule has 1 aromatic carbocycles. The zero-order chi connectivity index (χ0) is 13.1. The van der Waals surface area contributed by atoms with Crippen molar-refractivity contribution in [3.8, 4) is 6.07 Å². The molecular weight excluding hydrogens is 224 g/mol. The van der Waals surface area contributed by atoms with Crippen molar-refractivity contribution in [2.45, 2.75) is 24.8 Å². The van der Waals surface area contributed by atoms with Crippen LogP contribution in [-0.4, -0.2) is 17.9 Å². The van der Waals surface area contributed by atoms with Crippen molar-refractivity contribution in [1.29, 1.82) is 5.26 Å². The number of nitriles is 1. The summed E-state index contributed by atoms with van der Waals surface area (Å²) in [4.78, 5) is 14.2. The number of amides is 1. The average Bonchev–Trinajstić information content (AvgIpc) is 2.40. The number of carbonyl (C=O) groups is 1. The third-order valence-corrected chi connectivity index (χ3v) is 4.57. The van der Waals surface area contributed by atoms with Crippen LogP contribution in [-0.2, 0) is 15.7 Å². The first-order valence-corrected chi connectivity index (χ1v) is 5.98. The lowest BCUT2D eigenvalue weighted by molar-refractivity contribution is -0.140. The molecule has 0 saturated carbocycles. The molecule has 1 amide bonds. The summed E-state index contributed by atoms with van der Waals surface area (Å²) in [5.41, 5.74) is 1.40. The Labute approximate surface area is 106 Å². The molecule has 2 heterocycles. The summed E-state index contributed by atoms with van der Waals surface area (Å²) in [5, 5.41) is 9.56. The molecule has 0 N–H and O–H groups in total. The lowest BCUT2D eigenvalue weighted by Gasteiger charge is -2.53. The number of hydrogen-bond donors (Lipinski definition) is 0. The zero-order valence-electron chi connectivity index (χ0n) is 10.7. The molecule has 0 aromatic heterocycles. The first-order chi connectivity index (χ1) is 8.48. The summed E-state index contributed by atoms with van der Waals surface area (Å²) < 4.78 is 0. The lowest BCUT2D eigenvalue weighted by atomic mass is 9.61. The van der Waals surface area contributed by atoms with Crippen molar-refractivity contribution in [2.24, 2.45) is 0 Å². The van der Waals surface area contributed by atoms with Crippen LogP contribution >= 0.6 is 0 Å². The van der Waals surface area contributed by atoms with Gasteiger partial charge in [0.25, 0.3) is 5.91 Å². The standard InChI is InChI=1S/C15H14N2O/c1-10-8-15(9-16)12-7-5-4-6-11(12)14(10,2)17(3)13(15)18/h4-8H,1-3H3. The van der Waals surface area contributed by atoms with Crippen molar-refractivity contribution < 1.29 is 4.79 Å². The number of benzene rings is 1. The molecule has 3 heteroatoms. The second kappa shape index (κ2) is 3.02. The van der Waals surface area contributed by atoms with Gasteiger partial charge >= 0.3 is 0 Å². The van der Waals surface area contributed by atoms with Crippen molar-refractivity contribution in [2.75, 3.05) is 7.05 Å². The average molecular weight is 238 g/mol. The van der Waals surface area contributed by atoms with Crippen LogP contribution in [0.5, 0.6) is 0 Å². The minimum absolute atomic E-state index is 0.128. The molecule has 2 atom stereocenters. The van der Waals surface area contributed by atoms with Crippen molar-refractivity contribution >= 4 is 5.91 Å². The van der Waals surface area contributed by atoms with Crippen LogP contribution in [0.3, 0.4) is 0 Å². The third-order valence-electron chi connectivity index (χ3n) is 4.57. The fourth-order valence-electron chi connectivity index (χ4n) is 3.24. The normalized spacial score (nSPS) is 32.9. The molecule has 90 valence electrons. The summed E-state index contributed by atoms with van der Waals surface area (Å²) >= 11 is 0. The van der Waals surface area contributed by atoms with E-state index in [0.717, 1.165) is 16.7 Å². The largest absolute Gasteiger partial charge is 0.331 e. The topological polar surface area (TPSA) is 44.1 Å². The van der Waals surface area contributed by atoms with E-state index in [2.05, 4.69) is 6.07 Å². The van der Waals surface area contributed by atoms with Crippen LogP contribution < -0.4 is 0 Å². The van der Waals surface area contributed by atoms with Gasteiger partial charge in [-0.2, -0.15) is 5.26 Å². The highest BCUT2D eigenvalue weighted by molar-refractivity contribution is 5.99. The van der Waals surface area contributed by atoms with Crippen LogP contribution in [0.25, 0.3) is 0 Å². The van der Waals surface area contributed by atoms with Crippen LogP contribution in [0.15, 0.2) is 35.9 Å². The fraction of sp³-hybridized carbons (Fsp3) is 0.333. The van der Waals surface area contributed by atoms with Gasteiger partial charge in [0.15, 0.2) is 5.41 Å². The Bertz CT molecular complexity index is 640. The van der Waals surface area contributed by atoms with Gasteiger partial charge in [-0.3, -0.25) is 4.79 Å².